The number of carbonyl (C=O) groups is 2. The minimum atomic E-state index is -0.778. The van der Waals surface area contributed by atoms with Gasteiger partial charge in [0.25, 0.3) is 0 Å². The van der Waals surface area contributed by atoms with Crippen LogP contribution in [0.15, 0.2) is 36.5 Å². The average molecular weight is 563 g/mol. The Morgan fingerprint density at radius 1 is 0.575 bits per heavy atom. The highest BCUT2D eigenvalue weighted by molar-refractivity contribution is 5.70. The van der Waals surface area contributed by atoms with E-state index in [1.54, 1.807) is 0 Å². The van der Waals surface area contributed by atoms with Crippen molar-refractivity contribution in [1.82, 2.24) is 0 Å². The lowest BCUT2D eigenvalue weighted by atomic mass is 10.1. The highest BCUT2D eigenvalue weighted by Crippen LogP contribution is 2.11. The summed E-state index contributed by atoms with van der Waals surface area (Å²) in [4.78, 5) is 24.1. The number of hydrogen-bond acceptors (Lipinski definition) is 5. The smallest absolute Gasteiger partial charge is 0.306 e. The first-order valence-electron chi connectivity index (χ1n) is 16.5. The van der Waals surface area contributed by atoms with E-state index in [9.17, 15) is 14.7 Å². The van der Waals surface area contributed by atoms with Crippen molar-refractivity contribution in [3.63, 3.8) is 0 Å². The van der Waals surface area contributed by atoms with Gasteiger partial charge < -0.3 is 14.6 Å². The van der Waals surface area contributed by atoms with Gasteiger partial charge in [0.15, 0.2) is 6.10 Å². The third-order valence-electron chi connectivity index (χ3n) is 6.91. The van der Waals surface area contributed by atoms with E-state index < -0.39 is 6.10 Å². The Hall–Kier alpha value is -1.88. The fraction of sp³-hybridized carbons (Fsp3) is 0.771. The molecule has 0 aromatic heterocycles. The number of aliphatic hydroxyl groups is 1. The first kappa shape index (κ1) is 38.1. The van der Waals surface area contributed by atoms with Crippen LogP contribution in [-0.2, 0) is 19.1 Å². The molecule has 1 atom stereocenters. The Labute approximate surface area is 246 Å². The highest BCUT2D eigenvalue weighted by atomic mass is 16.6. The second-order valence-electron chi connectivity index (χ2n) is 10.9. The van der Waals surface area contributed by atoms with E-state index >= 15 is 0 Å². The predicted molar refractivity (Wildman–Crippen MR) is 168 cm³/mol. The first-order chi connectivity index (χ1) is 19.6. The zero-order valence-corrected chi connectivity index (χ0v) is 26.1. The van der Waals surface area contributed by atoms with Crippen LogP contribution in [0.1, 0.15) is 155 Å². The number of hydrogen-bond donors (Lipinski definition) is 1. The van der Waals surface area contributed by atoms with Gasteiger partial charge in [-0.15, -0.1) is 0 Å². The van der Waals surface area contributed by atoms with Crippen LogP contribution in [0.4, 0.5) is 0 Å². The molecule has 0 aliphatic heterocycles. The third-order valence-corrected chi connectivity index (χ3v) is 6.91. The quantitative estimate of drug-likeness (QED) is 0.0558. The van der Waals surface area contributed by atoms with Gasteiger partial charge in [0.2, 0.25) is 0 Å². The van der Waals surface area contributed by atoms with Crippen LogP contribution in [0.2, 0.25) is 0 Å². The van der Waals surface area contributed by atoms with E-state index in [-0.39, 0.29) is 25.2 Å². The zero-order valence-electron chi connectivity index (χ0n) is 26.1. The maximum absolute atomic E-state index is 12.1. The first-order valence-corrected chi connectivity index (χ1v) is 16.5. The average Bonchev–Trinajstić information content (AvgIpc) is 2.96. The molecule has 0 aliphatic rings. The van der Waals surface area contributed by atoms with Crippen molar-refractivity contribution in [2.24, 2.45) is 0 Å². The minimum Gasteiger partial charge on any atom is -0.462 e. The van der Waals surface area contributed by atoms with Crippen LogP contribution in [0.5, 0.6) is 0 Å². The topological polar surface area (TPSA) is 72.8 Å². The molecule has 5 heteroatoms. The van der Waals surface area contributed by atoms with Gasteiger partial charge in [-0.3, -0.25) is 9.59 Å². The number of carbonyl (C=O) groups excluding carboxylic acids is 2. The van der Waals surface area contributed by atoms with Gasteiger partial charge in [0.1, 0.15) is 6.61 Å². The summed E-state index contributed by atoms with van der Waals surface area (Å²) in [5, 5.41) is 9.49. The molecule has 5 nitrogen and oxygen atoms in total. The van der Waals surface area contributed by atoms with Crippen LogP contribution in [0.25, 0.3) is 0 Å². The molecular weight excluding hydrogens is 500 g/mol. The molecule has 0 amide bonds. The lowest BCUT2D eigenvalue weighted by molar-refractivity contribution is -0.161. The molecule has 0 unspecified atom stereocenters. The molecule has 0 heterocycles. The second-order valence-corrected chi connectivity index (χ2v) is 10.9. The molecule has 0 saturated carbocycles. The van der Waals surface area contributed by atoms with Crippen LogP contribution in [-0.4, -0.2) is 36.4 Å². The largest absolute Gasteiger partial charge is 0.462 e. The van der Waals surface area contributed by atoms with Crippen molar-refractivity contribution in [1.29, 1.82) is 0 Å². The maximum Gasteiger partial charge on any atom is 0.306 e. The number of unbranched alkanes of at least 4 members (excludes halogenated alkanes) is 15. The summed E-state index contributed by atoms with van der Waals surface area (Å²) in [6.07, 6.45) is 36.2. The molecule has 0 aromatic rings. The lowest BCUT2D eigenvalue weighted by Gasteiger charge is -2.15. The number of esters is 2. The molecule has 0 bridgehead atoms. The fourth-order valence-electron chi connectivity index (χ4n) is 4.33. The molecule has 0 aliphatic carbocycles. The van der Waals surface area contributed by atoms with Crippen molar-refractivity contribution in [3.05, 3.63) is 36.5 Å². The van der Waals surface area contributed by atoms with E-state index in [0.717, 1.165) is 64.2 Å². The Balaban J connectivity index is 3.64. The molecule has 1 N–H and O–H groups in total. The van der Waals surface area contributed by atoms with Gasteiger partial charge in [-0.05, 0) is 64.2 Å². The van der Waals surface area contributed by atoms with Gasteiger partial charge in [-0.2, -0.15) is 0 Å². The molecular formula is C35H62O5. The number of allylic oxidation sites excluding steroid dienone is 6. The van der Waals surface area contributed by atoms with Gasteiger partial charge >= 0.3 is 11.9 Å². The molecule has 232 valence electrons. The van der Waals surface area contributed by atoms with Gasteiger partial charge in [-0.1, -0.05) is 115 Å². The molecule has 0 saturated heterocycles. The van der Waals surface area contributed by atoms with Gasteiger partial charge in [0.05, 0.1) is 6.61 Å². The molecule has 0 radical (unpaired) electrons. The summed E-state index contributed by atoms with van der Waals surface area (Å²) in [6, 6.07) is 0. The summed E-state index contributed by atoms with van der Waals surface area (Å²) in [6.45, 7) is 4.03. The zero-order chi connectivity index (χ0) is 29.4. The van der Waals surface area contributed by atoms with Crippen molar-refractivity contribution in [2.45, 2.75) is 161 Å². The van der Waals surface area contributed by atoms with E-state index in [4.69, 9.17) is 9.47 Å². The predicted octanol–water partition coefficient (Wildman–Crippen LogP) is 9.72. The van der Waals surface area contributed by atoms with Crippen molar-refractivity contribution in [3.8, 4) is 0 Å². The summed E-state index contributed by atoms with van der Waals surface area (Å²) in [7, 11) is 0. The van der Waals surface area contributed by atoms with Gasteiger partial charge in [-0.25, -0.2) is 0 Å². The summed E-state index contributed by atoms with van der Waals surface area (Å²) in [5.74, 6) is -0.622. The Morgan fingerprint density at radius 2 is 1.02 bits per heavy atom. The van der Waals surface area contributed by atoms with E-state index in [1.165, 1.54) is 64.2 Å². The third kappa shape index (κ3) is 29.1. The fourth-order valence-corrected chi connectivity index (χ4v) is 4.33. The normalized spacial score (nSPS) is 12.6. The number of aliphatic hydroxyl groups excluding tert-OH is 1. The number of ether oxygens (including phenoxy) is 2. The highest BCUT2D eigenvalue weighted by Gasteiger charge is 2.16. The standard InChI is InChI=1S/C35H62O5/c1-3-5-7-9-11-13-15-16-17-18-20-22-24-26-28-30-35(38)40-33(31-36)32-39-34(37)29-27-25-23-21-19-14-12-10-8-6-4-2/h10-13,16-17,33,36H,3-9,14-15,18-32H2,1-2H3/b12-10+,13-11+,17-16+/t33-/m0/s1. The maximum atomic E-state index is 12.1. The van der Waals surface area contributed by atoms with Crippen molar-refractivity contribution < 1.29 is 24.2 Å². The van der Waals surface area contributed by atoms with Gasteiger partial charge in [0, 0.05) is 12.8 Å². The monoisotopic (exact) mass is 562 g/mol. The lowest BCUT2D eigenvalue weighted by Crippen LogP contribution is -2.28. The molecule has 0 aromatic carbocycles. The summed E-state index contributed by atoms with van der Waals surface area (Å²) in [5.41, 5.74) is 0. The van der Waals surface area contributed by atoms with E-state index in [1.807, 2.05) is 0 Å². The van der Waals surface area contributed by atoms with Crippen molar-refractivity contribution in [2.75, 3.05) is 13.2 Å². The SMILES string of the molecule is CCCC/C=C/CCCCCCCC(=O)OC[C@H](CO)OC(=O)CCCCCCC/C=C/C/C=C/CCCCC. The van der Waals surface area contributed by atoms with Crippen LogP contribution >= 0.6 is 0 Å². The summed E-state index contributed by atoms with van der Waals surface area (Å²) < 4.78 is 10.5. The Bertz CT molecular complexity index is 652. The Morgan fingerprint density at radius 3 is 1.57 bits per heavy atom. The molecule has 0 fully saturated rings. The Kier molecular flexibility index (Phi) is 30.2. The summed E-state index contributed by atoms with van der Waals surface area (Å²) >= 11 is 0. The van der Waals surface area contributed by atoms with Crippen LogP contribution < -0.4 is 0 Å². The molecule has 0 spiro atoms. The number of rotatable bonds is 29. The van der Waals surface area contributed by atoms with E-state index in [0.29, 0.717) is 12.8 Å². The van der Waals surface area contributed by atoms with Crippen LogP contribution in [0.3, 0.4) is 0 Å². The van der Waals surface area contributed by atoms with E-state index in [2.05, 4.69) is 50.3 Å². The van der Waals surface area contributed by atoms with Crippen LogP contribution in [0, 0.1) is 0 Å². The van der Waals surface area contributed by atoms with Crippen molar-refractivity contribution >= 4 is 11.9 Å². The minimum absolute atomic E-state index is 0.0758. The second kappa shape index (κ2) is 31.6. The molecule has 0 rings (SSSR count). The molecule has 40 heavy (non-hydrogen) atoms.